The number of hydrogen-bond donors (Lipinski definition) is 2. The van der Waals surface area contributed by atoms with E-state index in [2.05, 4.69) is 15.0 Å². The maximum Gasteiger partial charge on any atom is 0.332 e. The number of carbonyl (C=O) groups excluding carboxylic acids is 2. The van der Waals surface area contributed by atoms with Crippen LogP contribution in [-0.4, -0.2) is 24.0 Å². The number of esters is 1. The van der Waals surface area contributed by atoms with E-state index < -0.39 is 17.4 Å². The monoisotopic (exact) mass is 372 g/mol. The highest BCUT2D eigenvalue weighted by Gasteiger charge is 2.08. The molecule has 0 aliphatic heterocycles. The van der Waals surface area contributed by atoms with Crippen molar-refractivity contribution < 1.29 is 14.3 Å². The molecule has 2 rings (SSSR count). The number of hydrogen-bond acceptors (Lipinski definition) is 5. The fourth-order valence-electron chi connectivity index (χ4n) is 1.59. The third-order valence-corrected chi connectivity index (χ3v) is 4.20. The van der Waals surface area contributed by atoms with Gasteiger partial charge in [0.2, 0.25) is 0 Å². The summed E-state index contributed by atoms with van der Waals surface area (Å²) in [5.41, 5.74) is -0.215. The fraction of sp³-hybridized carbons (Fsp3) is 0.0714. The van der Waals surface area contributed by atoms with E-state index in [1.807, 2.05) is 0 Å². The van der Waals surface area contributed by atoms with Crippen molar-refractivity contribution in [3.05, 3.63) is 47.8 Å². The van der Waals surface area contributed by atoms with Crippen molar-refractivity contribution in [2.45, 2.75) is 0 Å². The molecular formula is C14H10Cl2N2O4S. The molecule has 0 aliphatic carbocycles. The number of aromatic amines is 1. The minimum Gasteiger partial charge on any atom is -0.466 e. The number of carbonyl (C=O) groups is 2. The van der Waals surface area contributed by atoms with Gasteiger partial charge in [0.25, 0.3) is 11.5 Å². The van der Waals surface area contributed by atoms with Gasteiger partial charge in [-0.2, -0.15) is 0 Å². The number of nitrogens with one attached hydrogen (secondary N) is 2. The van der Waals surface area contributed by atoms with Crippen molar-refractivity contribution >= 4 is 64.3 Å². The molecule has 6 nitrogen and oxygen atoms in total. The quantitative estimate of drug-likeness (QED) is 0.790. The largest absolute Gasteiger partial charge is 0.466 e. The Morgan fingerprint density at radius 2 is 1.91 bits per heavy atom. The summed E-state index contributed by atoms with van der Waals surface area (Å²) in [6.45, 7) is 0. The van der Waals surface area contributed by atoms with Crippen LogP contribution in [0.1, 0.15) is 0 Å². The molecular weight excluding hydrogens is 363 g/mol. The van der Waals surface area contributed by atoms with Gasteiger partial charge in [0.1, 0.15) is 9.20 Å². The average molecular weight is 373 g/mol. The van der Waals surface area contributed by atoms with E-state index in [4.69, 9.17) is 23.2 Å². The highest BCUT2D eigenvalue weighted by Crippen LogP contribution is 2.29. The Morgan fingerprint density at radius 1 is 1.26 bits per heavy atom. The molecule has 2 N–H and O–H groups in total. The number of ether oxygens (including phenoxy) is 1. The smallest absolute Gasteiger partial charge is 0.332 e. The van der Waals surface area contributed by atoms with Crippen molar-refractivity contribution in [3.63, 3.8) is 0 Å². The first kappa shape index (κ1) is 17.3. The molecule has 0 aliphatic rings. The van der Waals surface area contributed by atoms with Gasteiger partial charge in [-0.1, -0.05) is 29.3 Å². The number of H-pyrrole nitrogens is 1. The van der Waals surface area contributed by atoms with Gasteiger partial charge in [-0.05, 0) is 12.1 Å². The molecule has 0 atom stereocenters. The third kappa shape index (κ3) is 4.44. The summed E-state index contributed by atoms with van der Waals surface area (Å²) in [5.74, 6) is -1.18. The number of thiazole rings is 1. The summed E-state index contributed by atoms with van der Waals surface area (Å²) >= 11 is 12.9. The summed E-state index contributed by atoms with van der Waals surface area (Å²) in [6, 6.07) is 4.81. The summed E-state index contributed by atoms with van der Waals surface area (Å²) in [6.07, 6.45) is 2.21. The van der Waals surface area contributed by atoms with E-state index in [1.54, 1.807) is 18.2 Å². The zero-order chi connectivity index (χ0) is 17.0. The highest BCUT2D eigenvalue weighted by molar-refractivity contribution is 7.07. The van der Waals surface area contributed by atoms with E-state index in [-0.39, 0.29) is 14.9 Å². The van der Waals surface area contributed by atoms with Gasteiger partial charge in [-0.3, -0.25) is 9.59 Å². The zero-order valence-electron chi connectivity index (χ0n) is 11.7. The van der Waals surface area contributed by atoms with Crippen molar-refractivity contribution in [2.75, 3.05) is 12.4 Å². The first-order valence-electron chi connectivity index (χ1n) is 6.16. The number of benzene rings is 1. The lowest BCUT2D eigenvalue weighted by Crippen LogP contribution is -2.21. The zero-order valence-corrected chi connectivity index (χ0v) is 14.0. The van der Waals surface area contributed by atoms with Crippen LogP contribution >= 0.6 is 34.5 Å². The molecule has 0 unspecified atom stereocenters. The number of aromatic nitrogens is 1. The topological polar surface area (TPSA) is 88.3 Å². The third-order valence-electron chi connectivity index (χ3n) is 2.60. The van der Waals surface area contributed by atoms with Crippen LogP contribution in [0.3, 0.4) is 0 Å². The number of anilines is 1. The Morgan fingerprint density at radius 3 is 2.52 bits per heavy atom. The first-order valence-corrected chi connectivity index (χ1v) is 7.73. The molecule has 0 saturated heterocycles. The number of para-hydroxylation sites is 1. The molecule has 0 saturated carbocycles. The van der Waals surface area contributed by atoms with Gasteiger partial charge in [0, 0.05) is 12.2 Å². The predicted octanol–water partition coefficient (Wildman–Crippen LogP) is 1.12. The Hall–Kier alpha value is -2.09. The summed E-state index contributed by atoms with van der Waals surface area (Å²) < 4.78 is 4.85. The molecule has 1 aromatic carbocycles. The van der Waals surface area contributed by atoms with E-state index in [0.29, 0.717) is 10.0 Å². The lowest BCUT2D eigenvalue weighted by molar-refractivity contribution is -0.133. The minimum absolute atomic E-state index is 0.131. The number of amides is 1. The number of halogens is 2. The lowest BCUT2D eigenvalue weighted by atomic mass is 10.3. The highest BCUT2D eigenvalue weighted by atomic mass is 35.5. The van der Waals surface area contributed by atoms with Gasteiger partial charge in [0.15, 0.2) is 0 Å². The Balaban J connectivity index is 2.31. The molecule has 2 aromatic rings. The maximum absolute atomic E-state index is 12.0. The van der Waals surface area contributed by atoms with Gasteiger partial charge >= 0.3 is 5.97 Å². The van der Waals surface area contributed by atoms with Crippen LogP contribution in [0.4, 0.5) is 5.69 Å². The second-order valence-electron chi connectivity index (χ2n) is 4.18. The van der Waals surface area contributed by atoms with Crippen LogP contribution in [-0.2, 0) is 14.3 Å². The number of methoxy groups -OCH3 is 1. The molecule has 9 heteroatoms. The van der Waals surface area contributed by atoms with Gasteiger partial charge in [-0.25, -0.2) is 4.79 Å². The minimum atomic E-state index is -0.656. The number of rotatable bonds is 3. The molecule has 23 heavy (non-hydrogen) atoms. The van der Waals surface area contributed by atoms with Crippen LogP contribution < -0.4 is 20.1 Å². The molecule has 1 heterocycles. The molecule has 0 radical (unpaired) electrons. The van der Waals surface area contributed by atoms with Gasteiger partial charge < -0.3 is 15.0 Å². The second kappa shape index (κ2) is 7.45. The van der Waals surface area contributed by atoms with Crippen LogP contribution in [0.15, 0.2) is 23.0 Å². The molecule has 0 bridgehead atoms. The molecule has 120 valence electrons. The van der Waals surface area contributed by atoms with E-state index in [0.717, 1.165) is 17.4 Å². The maximum atomic E-state index is 12.0. The van der Waals surface area contributed by atoms with Crippen molar-refractivity contribution in [3.8, 4) is 0 Å². The van der Waals surface area contributed by atoms with Crippen LogP contribution in [0.2, 0.25) is 10.0 Å². The summed E-state index contributed by atoms with van der Waals surface area (Å²) in [4.78, 5) is 37.2. The van der Waals surface area contributed by atoms with Crippen LogP contribution in [0, 0.1) is 0 Å². The lowest BCUT2D eigenvalue weighted by Gasteiger charge is -2.06. The normalized spacial score (nSPS) is 12.3. The Labute approximate surface area is 144 Å². The van der Waals surface area contributed by atoms with E-state index in [1.165, 1.54) is 13.2 Å². The SMILES string of the molecule is COC(=O)/C=c1/s/c(=C/C(=O)Nc2c(Cl)cccc2Cl)[nH]c1=O. The van der Waals surface area contributed by atoms with Crippen molar-refractivity contribution in [1.82, 2.24) is 4.98 Å². The average Bonchev–Trinajstić information content (AvgIpc) is 2.82. The Bertz CT molecular complexity index is 913. The van der Waals surface area contributed by atoms with Crippen molar-refractivity contribution in [1.29, 1.82) is 0 Å². The summed E-state index contributed by atoms with van der Waals surface area (Å²) in [7, 11) is 1.20. The van der Waals surface area contributed by atoms with Crippen molar-refractivity contribution in [2.24, 2.45) is 0 Å². The van der Waals surface area contributed by atoms with Gasteiger partial charge in [-0.15, -0.1) is 11.3 Å². The molecule has 1 amide bonds. The molecule has 0 spiro atoms. The standard InChI is InChI=1S/C14H10Cl2N2O4S/c1-22-12(20)5-9-14(21)18-11(23-9)6-10(19)17-13-7(15)3-2-4-8(13)16/h2-6H,1H3,(H,17,19)(H,18,21)/b9-5+,11-6+. The van der Waals surface area contributed by atoms with Crippen LogP contribution in [0.25, 0.3) is 12.2 Å². The van der Waals surface area contributed by atoms with Gasteiger partial charge in [0.05, 0.1) is 22.8 Å². The van der Waals surface area contributed by atoms with E-state index >= 15 is 0 Å². The molecule has 1 aromatic heterocycles. The first-order chi connectivity index (χ1) is 10.9. The predicted molar refractivity (Wildman–Crippen MR) is 90.2 cm³/mol. The Kier molecular flexibility index (Phi) is 5.59. The second-order valence-corrected chi connectivity index (χ2v) is 6.08. The summed E-state index contributed by atoms with van der Waals surface area (Å²) in [5, 5.41) is 3.11. The van der Waals surface area contributed by atoms with Crippen LogP contribution in [0.5, 0.6) is 0 Å². The van der Waals surface area contributed by atoms with E-state index in [9.17, 15) is 14.4 Å². The fourth-order valence-corrected chi connectivity index (χ4v) is 2.92. The molecule has 0 fully saturated rings.